The number of aliphatic imine (C=N–C) groups is 1. The van der Waals surface area contributed by atoms with Crippen LogP contribution < -0.4 is 10.1 Å². The monoisotopic (exact) mass is 372 g/mol. The van der Waals surface area contributed by atoms with Gasteiger partial charge in [0.15, 0.2) is 5.17 Å². The van der Waals surface area contributed by atoms with E-state index in [0.29, 0.717) is 21.7 Å². The van der Waals surface area contributed by atoms with Crippen molar-refractivity contribution in [3.63, 3.8) is 0 Å². The molecule has 0 spiro atoms. The van der Waals surface area contributed by atoms with Crippen LogP contribution in [0.1, 0.15) is 18.1 Å². The Kier molecular flexibility index (Phi) is 5.46. The molecule has 0 unspecified atom stereocenters. The summed E-state index contributed by atoms with van der Waals surface area (Å²) < 4.78 is 5.42. The van der Waals surface area contributed by atoms with Gasteiger partial charge in [-0.3, -0.25) is 4.79 Å². The van der Waals surface area contributed by atoms with Crippen molar-refractivity contribution in [1.29, 1.82) is 0 Å². The highest BCUT2D eigenvalue weighted by Gasteiger charge is 2.24. The van der Waals surface area contributed by atoms with Crippen LogP contribution in [-0.2, 0) is 4.79 Å². The third kappa shape index (κ3) is 4.44. The number of aryl methyl sites for hydroxylation is 1. The van der Waals surface area contributed by atoms with E-state index in [1.807, 2.05) is 56.3 Å². The van der Waals surface area contributed by atoms with Crippen LogP contribution >= 0.6 is 23.4 Å². The van der Waals surface area contributed by atoms with Crippen LogP contribution in [0.25, 0.3) is 6.08 Å². The smallest absolute Gasteiger partial charge is 0.264 e. The zero-order chi connectivity index (χ0) is 17.8. The lowest BCUT2D eigenvalue weighted by atomic mass is 10.2. The maximum absolute atomic E-state index is 12.2. The van der Waals surface area contributed by atoms with Crippen molar-refractivity contribution < 1.29 is 9.53 Å². The fraction of sp³-hybridized carbons (Fsp3) is 0.158. The normalized spacial score (nSPS) is 17.2. The van der Waals surface area contributed by atoms with E-state index >= 15 is 0 Å². The molecule has 128 valence electrons. The van der Waals surface area contributed by atoms with Gasteiger partial charge in [-0.2, -0.15) is 0 Å². The fourth-order valence-electron chi connectivity index (χ4n) is 2.27. The van der Waals surface area contributed by atoms with Crippen molar-refractivity contribution in [2.24, 2.45) is 4.99 Å². The predicted molar refractivity (Wildman–Crippen MR) is 105 cm³/mol. The molecule has 1 aliphatic heterocycles. The first-order valence-corrected chi connectivity index (χ1v) is 9.03. The average Bonchev–Trinajstić information content (AvgIpc) is 2.92. The maximum atomic E-state index is 12.2. The van der Waals surface area contributed by atoms with Gasteiger partial charge in [-0.05, 0) is 67.1 Å². The van der Waals surface area contributed by atoms with E-state index in [9.17, 15) is 4.79 Å². The lowest BCUT2D eigenvalue weighted by Crippen LogP contribution is -2.19. The maximum Gasteiger partial charge on any atom is 0.264 e. The molecule has 1 aliphatic rings. The Balaban J connectivity index is 1.80. The van der Waals surface area contributed by atoms with Gasteiger partial charge in [0.25, 0.3) is 5.91 Å². The van der Waals surface area contributed by atoms with Crippen molar-refractivity contribution in [3.8, 4) is 5.75 Å². The molecule has 25 heavy (non-hydrogen) atoms. The van der Waals surface area contributed by atoms with Crippen molar-refractivity contribution in [3.05, 3.63) is 63.5 Å². The third-order valence-corrected chi connectivity index (χ3v) is 4.68. The molecule has 1 fully saturated rings. The van der Waals surface area contributed by atoms with Crippen molar-refractivity contribution in [2.75, 3.05) is 6.61 Å². The molecule has 3 rings (SSSR count). The van der Waals surface area contributed by atoms with Crippen LogP contribution in [0.5, 0.6) is 5.75 Å². The molecule has 2 aromatic rings. The minimum absolute atomic E-state index is 0.155. The summed E-state index contributed by atoms with van der Waals surface area (Å²) in [6.45, 7) is 4.52. The molecule has 1 amide bonds. The molecule has 1 N–H and O–H groups in total. The van der Waals surface area contributed by atoms with E-state index in [2.05, 4.69) is 10.3 Å². The van der Waals surface area contributed by atoms with Crippen LogP contribution in [0, 0.1) is 6.92 Å². The SMILES string of the molecule is CCOc1ccc(/C=C2\SC(=Nc3cc(Cl)ccc3C)NC2=O)cc1. The number of amides is 1. The van der Waals surface area contributed by atoms with Crippen LogP contribution in [0.2, 0.25) is 5.02 Å². The Morgan fingerprint density at radius 2 is 2.00 bits per heavy atom. The molecule has 0 aliphatic carbocycles. The average molecular weight is 373 g/mol. The van der Waals surface area contributed by atoms with Crippen molar-refractivity contribution >= 4 is 46.2 Å². The minimum Gasteiger partial charge on any atom is -0.494 e. The van der Waals surface area contributed by atoms with E-state index < -0.39 is 0 Å². The fourth-order valence-corrected chi connectivity index (χ4v) is 3.27. The number of hydrogen-bond donors (Lipinski definition) is 1. The van der Waals surface area contributed by atoms with Gasteiger partial charge >= 0.3 is 0 Å². The number of halogens is 1. The van der Waals surface area contributed by atoms with Crippen LogP contribution in [0.3, 0.4) is 0 Å². The summed E-state index contributed by atoms with van der Waals surface area (Å²) in [5.74, 6) is 0.657. The summed E-state index contributed by atoms with van der Waals surface area (Å²) in [6.07, 6.45) is 1.84. The Morgan fingerprint density at radius 3 is 2.72 bits per heavy atom. The van der Waals surface area contributed by atoms with Gasteiger partial charge < -0.3 is 10.1 Å². The third-order valence-electron chi connectivity index (χ3n) is 3.53. The Labute approximate surface area is 155 Å². The molecule has 4 nitrogen and oxygen atoms in total. The summed E-state index contributed by atoms with van der Waals surface area (Å²) in [6, 6.07) is 13.1. The summed E-state index contributed by atoms with van der Waals surface area (Å²) in [5, 5.41) is 3.95. The highest BCUT2D eigenvalue weighted by atomic mass is 35.5. The summed E-state index contributed by atoms with van der Waals surface area (Å²) in [5.41, 5.74) is 2.68. The summed E-state index contributed by atoms with van der Waals surface area (Å²) in [4.78, 5) is 17.3. The number of carbonyl (C=O) groups is 1. The van der Waals surface area contributed by atoms with Crippen LogP contribution in [0.4, 0.5) is 5.69 Å². The number of hydrogen-bond acceptors (Lipinski definition) is 4. The molecule has 0 bridgehead atoms. The van der Waals surface area contributed by atoms with Gasteiger partial charge in [0.05, 0.1) is 17.2 Å². The Hall–Kier alpha value is -2.24. The number of ether oxygens (including phenoxy) is 1. The second-order valence-electron chi connectivity index (χ2n) is 5.41. The van der Waals surface area contributed by atoms with Gasteiger partial charge in [0.2, 0.25) is 0 Å². The van der Waals surface area contributed by atoms with Crippen molar-refractivity contribution in [2.45, 2.75) is 13.8 Å². The molecular formula is C19H17ClN2O2S. The molecule has 1 saturated heterocycles. The number of benzene rings is 2. The first kappa shape index (κ1) is 17.6. The van der Waals surface area contributed by atoms with Gasteiger partial charge in [-0.25, -0.2) is 4.99 Å². The van der Waals surface area contributed by atoms with E-state index in [-0.39, 0.29) is 5.91 Å². The molecule has 0 saturated carbocycles. The number of amidine groups is 1. The minimum atomic E-state index is -0.155. The summed E-state index contributed by atoms with van der Waals surface area (Å²) >= 11 is 7.33. The Bertz CT molecular complexity index is 860. The second kappa shape index (κ2) is 7.76. The van der Waals surface area contributed by atoms with Gasteiger partial charge in [-0.15, -0.1) is 0 Å². The summed E-state index contributed by atoms with van der Waals surface area (Å²) in [7, 11) is 0. The lowest BCUT2D eigenvalue weighted by molar-refractivity contribution is -0.115. The van der Waals surface area contributed by atoms with Crippen LogP contribution in [-0.4, -0.2) is 17.7 Å². The quantitative estimate of drug-likeness (QED) is 0.773. The predicted octanol–water partition coefficient (Wildman–Crippen LogP) is 4.94. The number of nitrogens with zero attached hydrogens (tertiary/aromatic N) is 1. The Morgan fingerprint density at radius 1 is 1.24 bits per heavy atom. The van der Waals surface area contributed by atoms with E-state index in [4.69, 9.17) is 16.3 Å². The van der Waals surface area contributed by atoms with E-state index in [1.165, 1.54) is 11.8 Å². The zero-order valence-corrected chi connectivity index (χ0v) is 15.4. The molecule has 0 aromatic heterocycles. The lowest BCUT2D eigenvalue weighted by Gasteiger charge is -2.02. The molecule has 0 radical (unpaired) electrons. The highest BCUT2D eigenvalue weighted by molar-refractivity contribution is 8.18. The topological polar surface area (TPSA) is 50.7 Å². The second-order valence-corrected chi connectivity index (χ2v) is 6.88. The van der Waals surface area contributed by atoms with Crippen molar-refractivity contribution in [1.82, 2.24) is 5.32 Å². The van der Waals surface area contributed by atoms with E-state index in [1.54, 1.807) is 6.07 Å². The van der Waals surface area contributed by atoms with Gasteiger partial charge in [0.1, 0.15) is 5.75 Å². The van der Waals surface area contributed by atoms with Gasteiger partial charge in [0, 0.05) is 5.02 Å². The molecule has 1 heterocycles. The van der Waals surface area contributed by atoms with Crippen LogP contribution in [0.15, 0.2) is 52.4 Å². The zero-order valence-electron chi connectivity index (χ0n) is 13.9. The van der Waals surface area contributed by atoms with Gasteiger partial charge in [-0.1, -0.05) is 29.8 Å². The number of thioether (sulfide) groups is 1. The molecular weight excluding hydrogens is 356 g/mol. The molecule has 0 atom stereocenters. The largest absolute Gasteiger partial charge is 0.494 e. The molecule has 2 aromatic carbocycles. The first-order chi connectivity index (χ1) is 12.0. The van der Waals surface area contributed by atoms with E-state index in [0.717, 1.165) is 22.6 Å². The number of carbonyl (C=O) groups excluding carboxylic acids is 1. The molecule has 6 heteroatoms. The number of nitrogens with one attached hydrogen (secondary N) is 1. The first-order valence-electron chi connectivity index (χ1n) is 7.84. The number of rotatable bonds is 4. The standard InChI is InChI=1S/C19H17ClN2O2S/c1-3-24-15-8-5-13(6-9-15)10-17-18(23)22-19(25-17)21-16-11-14(20)7-4-12(16)2/h4-11H,3H2,1-2H3,(H,21,22,23)/b17-10-. The highest BCUT2D eigenvalue weighted by Crippen LogP contribution is 2.30.